The van der Waals surface area contributed by atoms with Crippen LogP contribution in [-0.4, -0.2) is 6.09 Å². The number of rotatable bonds is 3. The van der Waals surface area contributed by atoms with Crippen molar-refractivity contribution in [3.63, 3.8) is 0 Å². The maximum atomic E-state index is 12.8. The number of ether oxygens (including phenoxy) is 1. The molecule has 7 heteroatoms. The minimum absolute atomic E-state index is 0.0799. The summed E-state index contributed by atoms with van der Waals surface area (Å²) in [6.07, 6.45) is -1.01. The number of nitrogens with zero attached hydrogens (tertiary/aromatic N) is 3. The lowest BCUT2D eigenvalue weighted by molar-refractivity contribution is 0.210. The van der Waals surface area contributed by atoms with E-state index in [1.54, 1.807) is 0 Å². The van der Waals surface area contributed by atoms with Gasteiger partial charge in [-0.05, 0) is 23.7 Å². The molecule has 2 N–H and O–H groups in total. The highest BCUT2D eigenvalue weighted by molar-refractivity contribution is 5.68. The number of azide groups is 1. The second kappa shape index (κ2) is 4.83. The average Bonchev–Trinajstić information content (AvgIpc) is 2.18. The zero-order valence-corrected chi connectivity index (χ0v) is 7.55. The van der Waals surface area contributed by atoms with Gasteiger partial charge in [-0.15, -0.1) is 0 Å². The molecule has 0 aliphatic rings. The lowest BCUT2D eigenvalue weighted by atomic mass is 10.2. The quantitative estimate of drug-likeness (QED) is 0.469. The molecule has 0 saturated heterocycles. The molecule has 1 rings (SSSR count). The fourth-order valence-electron chi connectivity index (χ4n) is 0.987. The number of nitrogens with two attached hydrogens (primary N) is 1. The van der Waals surface area contributed by atoms with Crippen molar-refractivity contribution in [1.82, 2.24) is 0 Å². The SMILES string of the molecule is [N-]=[N+]=NCc1cc(F)ccc1OC(N)=O. The minimum atomic E-state index is -1.01. The smallest absolute Gasteiger partial charge is 0.409 e. The standard InChI is InChI=1S/C8H7FN4O2/c9-6-1-2-7(15-8(10)14)5(3-6)4-12-13-11/h1-3H,4H2,(H2,10,14). The first kappa shape index (κ1) is 10.8. The van der Waals surface area contributed by atoms with Crippen molar-refractivity contribution in [2.45, 2.75) is 6.54 Å². The Balaban J connectivity index is 3.01. The van der Waals surface area contributed by atoms with Gasteiger partial charge in [0, 0.05) is 10.5 Å². The molecule has 0 saturated carbocycles. The van der Waals surface area contributed by atoms with E-state index in [0.29, 0.717) is 0 Å². The van der Waals surface area contributed by atoms with E-state index in [-0.39, 0.29) is 17.9 Å². The molecule has 1 aromatic rings. The number of benzene rings is 1. The Morgan fingerprint density at radius 2 is 2.40 bits per heavy atom. The average molecular weight is 210 g/mol. The summed E-state index contributed by atoms with van der Waals surface area (Å²) >= 11 is 0. The lowest BCUT2D eigenvalue weighted by Crippen LogP contribution is -2.17. The van der Waals surface area contributed by atoms with Crippen molar-refractivity contribution in [3.05, 3.63) is 40.0 Å². The second-order valence-electron chi connectivity index (χ2n) is 2.56. The monoisotopic (exact) mass is 210 g/mol. The van der Waals surface area contributed by atoms with Gasteiger partial charge in [-0.3, -0.25) is 0 Å². The van der Waals surface area contributed by atoms with Gasteiger partial charge in [-0.1, -0.05) is 5.11 Å². The second-order valence-corrected chi connectivity index (χ2v) is 2.56. The predicted octanol–water partition coefficient (Wildman–Crippen LogP) is 2.09. The molecule has 0 atom stereocenters. The summed E-state index contributed by atoms with van der Waals surface area (Å²) in [5, 5.41) is 3.23. The van der Waals surface area contributed by atoms with Crippen LogP contribution in [0.1, 0.15) is 5.56 Å². The molecule has 0 spiro atoms. The van der Waals surface area contributed by atoms with Crippen LogP contribution < -0.4 is 10.5 Å². The zero-order valence-electron chi connectivity index (χ0n) is 7.55. The molecular formula is C8H7FN4O2. The minimum Gasteiger partial charge on any atom is -0.410 e. The first-order valence-corrected chi connectivity index (χ1v) is 3.90. The van der Waals surface area contributed by atoms with Crippen molar-refractivity contribution in [2.24, 2.45) is 10.8 Å². The number of hydrogen-bond acceptors (Lipinski definition) is 3. The third-order valence-corrected chi connectivity index (χ3v) is 1.54. The van der Waals surface area contributed by atoms with E-state index in [4.69, 9.17) is 11.3 Å². The van der Waals surface area contributed by atoms with Crippen LogP contribution in [0.2, 0.25) is 0 Å². The topological polar surface area (TPSA) is 101 Å². The molecule has 0 aliphatic heterocycles. The summed E-state index contributed by atoms with van der Waals surface area (Å²) in [5.74, 6) is -0.439. The van der Waals surface area contributed by atoms with Crippen LogP contribution >= 0.6 is 0 Å². The van der Waals surface area contributed by atoms with E-state index in [1.807, 2.05) is 0 Å². The van der Waals surface area contributed by atoms with Crippen molar-refractivity contribution in [2.75, 3.05) is 0 Å². The van der Waals surface area contributed by atoms with Crippen LogP contribution in [-0.2, 0) is 6.54 Å². The van der Waals surface area contributed by atoms with Gasteiger partial charge in [0.05, 0.1) is 6.54 Å². The zero-order chi connectivity index (χ0) is 11.3. The molecular weight excluding hydrogens is 203 g/mol. The van der Waals surface area contributed by atoms with Gasteiger partial charge in [-0.25, -0.2) is 9.18 Å². The van der Waals surface area contributed by atoms with Gasteiger partial charge in [0.25, 0.3) is 0 Å². The van der Waals surface area contributed by atoms with Gasteiger partial charge in [0.15, 0.2) is 0 Å². The molecule has 0 radical (unpaired) electrons. The van der Waals surface area contributed by atoms with Crippen LogP contribution in [0.25, 0.3) is 10.4 Å². The van der Waals surface area contributed by atoms with Gasteiger partial charge in [0.2, 0.25) is 0 Å². The van der Waals surface area contributed by atoms with E-state index in [1.165, 1.54) is 6.07 Å². The van der Waals surface area contributed by atoms with E-state index in [9.17, 15) is 9.18 Å². The van der Waals surface area contributed by atoms with Crippen molar-refractivity contribution >= 4 is 6.09 Å². The molecule has 1 aromatic carbocycles. The van der Waals surface area contributed by atoms with Crippen LogP contribution in [0.5, 0.6) is 5.75 Å². The van der Waals surface area contributed by atoms with E-state index < -0.39 is 11.9 Å². The Hall–Kier alpha value is -2.27. The van der Waals surface area contributed by atoms with Crippen LogP contribution in [0.3, 0.4) is 0 Å². The molecule has 78 valence electrons. The summed E-state index contributed by atoms with van der Waals surface area (Å²) < 4.78 is 17.4. The molecule has 0 aliphatic carbocycles. The van der Waals surface area contributed by atoms with Gasteiger partial charge >= 0.3 is 6.09 Å². The first-order chi connectivity index (χ1) is 7.13. The Labute approximate surface area is 84.1 Å². The highest BCUT2D eigenvalue weighted by Crippen LogP contribution is 2.20. The Bertz CT molecular complexity index is 429. The van der Waals surface area contributed by atoms with Gasteiger partial charge < -0.3 is 10.5 Å². The maximum Gasteiger partial charge on any atom is 0.409 e. The molecule has 6 nitrogen and oxygen atoms in total. The third-order valence-electron chi connectivity index (χ3n) is 1.54. The third kappa shape index (κ3) is 3.17. The van der Waals surface area contributed by atoms with Crippen LogP contribution in [0, 0.1) is 5.82 Å². The number of carbonyl (C=O) groups is 1. The molecule has 0 unspecified atom stereocenters. The fourth-order valence-corrected chi connectivity index (χ4v) is 0.987. The highest BCUT2D eigenvalue weighted by atomic mass is 19.1. The number of halogens is 1. The van der Waals surface area contributed by atoms with Crippen LogP contribution in [0.15, 0.2) is 23.3 Å². The van der Waals surface area contributed by atoms with Gasteiger partial charge in [0.1, 0.15) is 11.6 Å². The van der Waals surface area contributed by atoms with E-state index >= 15 is 0 Å². The van der Waals surface area contributed by atoms with Crippen molar-refractivity contribution in [3.8, 4) is 5.75 Å². The molecule has 15 heavy (non-hydrogen) atoms. The number of primary amides is 1. The summed E-state index contributed by atoms with van der Waals surface area (Å²) in [4.78, 5) is 13.0. The fraction of sp³-hybridized carbons (Fsp3) is 0.125. The first-order valence-electron chi connectivity index (χ1n) is 3.90. The summed E-state index contributed by atoms with van der Waals surface area (Å²) in [7, 11) is 0. The summed E-state index contributed by atoms with van der Waals surface area (Å²) in [5.41, 5.74) is 13.2. The summed E-state index contributed by atoms with van der Waals surface area (Å²) in [6.45, 7) is -0.114. The number of hydrogen-bond donors (Lipinski definition) is 1. The summed E-state index contributed by atoms with van der Waals surface area (Å²) in [6, 6.07) is 3.45. The van der Waals surface area contributed by atoms with Gasteiger partial charge in [-0.2, -0.15) is 0 Å². The largest absolute Gasteiger partial charge is 0.410 e. The molecule has 1 amide bonds. The van der Waals surface area contributed by atoms with Crippen molar-refractivity contribution in [1.29, 1.82) is 0 Å². The highest BCUT2D eigenvalue weighted by Gasteiger charge is 2.07. The van der Waals surface area contributed by atoms with Crippen LogP contribution in [0.4, 0.5) is 9.18 Å². The molecule has 0 fully saturated rings. The number of carbonyl (C=O) groups excluding carboxylic acids is 1. The van der Waals surface area contributed by atoms with E-state index in [0.717, 1.165) is 12.1 Å². The predicted molar refractivity (Wildman–Crippen MR) is 49.5 cm³/mol. The normalized spacial score (nSPS) is 9.13. The van der Waals surface area contributed by atoms with Crippen molar-refractivity contribution < 1.29 is 13.9 Å². The maximum absolute atomic E-state index is 12.8. The Morgan fingerprint density at radius 3 is 3.00 bits per heavy atom. The Kier molecular flexibility index (Phi) is 3.48. The number of amides is 1. The molecule has 0 aromatic heterocycles. The molecule has 0 heterocycles. The lowest BCUT2D eigenvalue weighted by Gasteiger charge is -2.05. The Morgan fingerprint density at radius 1 is 1.67 bits per heavy atom. The van der Waals surface area contributed by atoms with E-state index in [2.05, 4.69) is 14.8 Å². The molecule has 0 bridgehead atoms.